The second kappa shape index (κ2) is 9.73. The number of hydrogen-bond donors (Lipinski definition) is 0. The third-order valence-corrected chi connectivity index (χ3v) is 5.43. The summed E-state index contributed by atoms with van der Waals surface area (Å²) >= 11 is 0. The molecule has 0 saturated carbocycles. The molecule has 1 fully saturated rings. The molecule has 0 aliphatic carbocycles. The molecule has 28 heavy (non-hydrogen) atoms. The normalized spacial score (nSPS) is 15.2. The third kappa shape index (κ3) is 5.35. The Labute approximate surface area is 168 Å². The number of carbonyl (C=O) groups is 1. The fraction of sp³-hybridized carbons (Fsp3) is 0.545. The van der Waals surface area contributed by atoms with Crippen LogP contribution in [-0.4, -0.2) is 65.1 Å². The average Bonchev–Trinajstić information content (AvgIpc) is 3.20. The number of carbonyl (C=O) groups excluding carboxylic acids is 1. The number of nitrogens with zero attached hydrogens (tertiary/aromatic N) is 4. The van der Waals surface area contributed by atoms with E-state index in [0.29, 0.717) is 12.3 Å². The average molecular weight is 385 g/mol. The molecular weight excluding hydrogens is 352 g/mol. The first-order valence-corrected chi connectivity index (χ1v) is 10.2. The molecule has 0 spiro atoms. The van der Waals surface area contributed by atoms with Gasteiger partial charge < -0.3 is 14.2 Å². The van der Waals surface area contributed by atoms with Crippen molar-refractivity contribution in [1.82, 2.24) is 19.4 Å². The summed E-state index contributed by atoms with van der Waals surface area (Å²) in [4.78, 5) is 21.4. The van der Waals surface area contributed by atoms with Crippen LogP contribution in [-0.2, 0) is 17.8 Å². The van der Waals surface area contributed by atoms with E-state index in [0.717, 1.165) is 57.3 Å². The SMILES string of the molecule is COc1ccc(CCC(=O)N2CCN(CCn3ccnc3C(C)C)CC2)cc1. The van der Waals surface area contributed by atoms with Gasteiger partial charge in [-0.2, -0.15) is 0 Å². The molecule has 152 valence electrons. The van der Waals surface area contributed by atoms with Gasteiger partial charge in [0.05, 0.1) is 7.11 Å². The summed E-state index contributed by atoms with van der Waals surface area (Å²) in [5.74, 6) is 2.69. The molecule has 0 atom stereocenters. The van der Waals surface area contributed by atoms with Crippen LogP contribution < -0.4 is 4.74 Å². The van der Waals surface area contributed by atoms with Gasteiger partial charge in [-0.3, -0.25) is 9.69 Å². The van der Waals surface area contributed by atoms with E-state index in [1.54, 1.807) is 7.11 Å². The minimum Gasteiger partial charge on any atom is -0.497 e. The van der Waals surface area contributed by atoms with Crippen LogP contribution in [0.5, 0.6) is 5.75 Å². The van der Waals surface area contributed by atoms with Crippen LogP contribution in [0.4, 0.5) is 0 Å². The summed E-state index contributed by atoms with van der Waals surface area (Å²) in [6.07, 6.45) is 5.30. The Morgan fingerprint density at radius 1 is 1.11 bits per heavy atom. The topological polar surface area (TPSA) is 50.6 Å². The minimum atomic E-state index is 0.257. The Bertz CT molecular complexity index is 746. The summed E-state index contributed by atoms with van der Waals surface area (Å²) in [6, 6.07) is 7.96. The lowest BCUT2D eigenvalue weighted by molar-refractivity contribution is -0.132. The van der Waals surface area contributed by atoms with Crippen LogP contribution in [0.3, 0.4) is 0 Å². The van der Waals surface area contributed by atoms with Gasteiger partial charge >= 0.3 is 0 Å². The van der Waals surface area contributed by atoms with E-state index in [2.05, 4.69) is 34.5 Å². The maximum Gasteiger partial charge on any atom is 0.222 e. The lowest BCUT2D eigenvalue weighted by atomic mass is 10.1. The van der Waals surface area contributed by atoms with Crippen LogP contribution in [0.1, 0.15) is 37.6 Å². The summed E-state index contributed by atoms with van der Waals surface area (Å²) in [5.41, 5.74) is 1.18. The number of benzene rings is 1. The Hall–Kier alpha value is -2.34. The summed E-state index contributed by atoms with van der Waals surface area (Å²) in [5, 5.41) is 0. The third-order valence-electron chi connectivity index (χ3n) is 5.43. The van der Waals surface area contributed by atoms with Gasteiger partial charge in [-0.1, -0.05) is 26.0 Å². The van der Waals surface area contributed by atoms with E-state index in [4.69, 9.17) is 4.74 Å². The molecular formula is C22H32N4O2. The molecule has 2 heterocycles. The first kappa shape index (κ1) is 20.4. The Balaban J connectivity index is 1.39. The number of aryl methyl sites for hydroxylation is 1. The highest BCUT2D eigenvalue weighted by Gasteiger charge is 2.21. The monoisotopic (exact) mass is 384 g/mol. The van der Waals surface area contributed by atoms with Crippen molar-refractivity contribution in [2.45, 2.75) is 39.2 Å². The molecule has 0 N–H and O–H groups in total. The van der Waals surface area contributed by atoms with Gasteiger partial charge in [0.2, 0.25) is 5.91 Å². The second-order valence-corrected chi connectivity index (χ2v) is 7.70. The van der Waals surface area contributed by atoms with Gasteiger partial charge in [0, 0.05) is 64.0 Å². The lowest BCUT2D eigenvalue weighted by Gasteiger charge is -2.35. The predicted molar refractivity (Wildman–Crippen MR) is 111 cm³/mol. The van der Waals surface area contributed by atoms with Crippen molar-refractivity contribution in [3.8, 4) is 5.75 Å². The van der Waals surface area contributed by atoms with Crippen molar-refractivity contribution in [1.29, 1.82) is 0 Å². The molecule has 0 unspecified atom stereocenters. The van der Waals surface area contributed by atoms with Crippen molar-refractivity contribution in [3.63, 3.8) is 0 Å². The Morgan fingerprint density at radius 3 is 2.46 bits per heavy atom. The maximum absolute atomic E-state index is 12.5. The van der Waals surface area contributed by atoms with Crippen molar-refractivity contribution in [2.24, 2.45) is 0 Å². The van der Waals surface area contributed by atoms with Crippen molar-refractivity contribution in [2.75, 3.05) is 39.8 Å². The number of imidazole rings is 1. The zero-order chi connectivity index (χ0) is 19.9. The lowest BCUT2D eigenvalue weighted by Crippen LogP contribution is -2.49. The van der Waals surface area contributed by atoms with Gasteiger partial charge in [-0.15, -0.1) is 0 Å². The van der Waals surface area contributed by atoms with Crippen LogP contribution in [0, 0.1) is 0 Å². The van der Waals surface area contributed by atoms with Crippen LogP contribution in [0.2, 0.25) is 0 Å². The second-order valence-electron chi connectivity index (χ2n) is 7.70. The van der Waals surface area contributed by atoms with Crippen LogP contribution in [0.25, 0.3) is 0 Å². The molecule has 3 rings (SSSR count). The van der Waals surface area contributed by atoms with E-state index in [-0.39, 0.29) is 5.91 Å². The van der Waals surface area contributed by atoms with Gasteiger partial charge in [0.15, 0.2) is 0 Å². The number of piperazine rings is 1. The summed E-state index contributed by atoms with van der Waals surface area (Å²) in [6.45, 7) is 9.85. The molecule has 6 nitrogen and oxygen atoms in total. The Kier molecular flexibility index (Phi) is 7.09. The standard InChI is InChI=1S/C22H32N4O2/c1-18(2)22-23-10-11-26(22)17-14-24-12-15-25(16-13-24)21(27)9-6-19-4-7-20(28-3)8-5-19/h4-5,7-8,10-11,18H,6,9,12-17H2,1-3H3. The number of ether oxygens (including phenoxy) is 1. The molecule has 1 saturated heterocycles. The van der Waals surface area contributed by atoms with Gasteiger partial charge in [-0.05, 0) is 24.1 Å². The molecule has 6 heteroatoms. The van der Waals surface area contributed by atoms with E-state index >= 15 is 0 Å². The van der Waals surface area contributed by atoms with E-state index in [9.17, 15) is 4.79 Å². The van der Waals surface area contributed by atoms with Gasteiger partial charge in [0.1, 0.15) is 11.6 Å². The number of rotatable bonds is 8. The highest BCUT2D eigenvalue weighted by Crippen LogP contribution is 2.14. The van der Waals surface area contributed by atoms with Gasteiger partial charge in [0.25, 0.3) is 0 Å². The first-order valence-electron chi connectivity index (χ1n) is 10.2. The minimum absolute atomic E-state index is 0.257. The molecule has 0 radical (unpaired) electrons. The fourth-order valence-electron chi connectivity index (χ4n) is 3.68. The first-order chi connectivity index (χ1) is 13.6. The fourth-order valence-corrected chi connectivity index (χ4v) is 3.68. The molecule has 1 amide bonds. The highest BCUT2D eigenvalue weighted by atomic mass is 16.5. The number of methoxy groups -OCH3 is 1. The summed E-state index contributed by atoms with van der Waals surface area (Å²) < 4.78 is 7.42. The van der Waals surface area contributed by atoms with E-state index in [1.165, 1.54) is 5.56 Å². The van der Waals surface area contributed by atoms with E-state index in [1.807, 2.05) is 35.4 Å². The summed E-state index contributed by atoms with van der Waals surface area (Å²) in [7, 11) is 1.66. The smallest absolute Gasteiger partial charge is 0.222 e. The maximum atomic E-state index is 12.5. The largest absolute Gasteiger partial charge is 0.497 e. The number of hydrogen-bond acceptors (Lipinski definition) is 4. The molecule has 1 aromatic carbocycles. The van der Waals surface area contributed by atoms with E-state index < -0.39 is 0 Å². The van der Waals surface area contributed by atoms with Gasteiger partial charge in [-0.25, -0.2) is 4.98 Å². The quantitative estimate of drug-likeness (QED) is 0.702. The Morgan fingerprint density at radius 2 is 1.82 bits per heavy atom. The predicted octanol–water partition coefficient (Wildman–Crippen LogP) is 2.79. The molecule has 1 aliphatic heterocycles. The van der Waals surface area contributed by atoms with Crippen LogP contribution >= 0.6 is 0 Å². The van der Waals surface area contributed by atoms with Crippen molar-refractivity contribution < 1.29 is 9.53 Å². The zero-order valence-electron chi connectivity index (χ0n) is 17.3. The molecule has 1 aliphatic rings. The van der Waals surface area contributed by atoms with Crippen molar-refractivity contribution in [3.05, 3.63) is 48.0 Å². The molecule has 0 bridgehead atoms. The highest BCUT2D eigenvalue weighted by molar-refractivity contribution is 5.76. The van der Waals surface area contributed by atoms with Crippen LogP contribution in [0.15, 0.2) is 36.7 Å². The molecule has 1 aromatic heterocycles. The zero-order valence-corrected chi connectivity index (χ0v) is 17.3. The molecule has 2 aromatic rings. The van der Waals surface area contributed by atoms with Crippen molar-refractivity contribution >= 4 is 5.91 Å². The number of amides is 1. The number of aromatic nitrogens is 2.